The summed E-state index contributed by atoms with van der Waals surface area (Å²) in [5, 5.41) is 6.40. The number of hydrogen-bond donors (Lipinski definition) is 2. The van der Waals surface area contributed by atoms with Crippen LogP contribution in [0.5, 0.6) is 0 Å². The minimum atomic E-state index is -4.51. The summed E-state index contributed by atoms with van der Waals surface area (Å²) in [6, 6.07) is 2.37. The summed E-state index contributed by atoms with van der Waals surface area (Å²) in [6.07, 6.45) is 3.29. The summed E-state index contributed by atoms with van der Waals surface area (Å²) < 4.78 is 39.0. The van der Waals surface area contributed by atoms with E-state index in [1.165, 1.54) is 0 Å². The van der Waals surface area contributed by atoms with Crippen molar-refractivity contribution in [3.05, 3.63) is 64.4 Å². The Morgan fingerprint density at radius 1 is 1.26 bits per heavy atom. The predicted molar refractivity (Wildman–Crippen MR) is 123 cm³/mol. The molecule has 11 heteroatoms. The number of pyridine rings is 1. The van der Waals surface area contributed by atoms with Gasteiger partial charge in [0.15, 0.2) is 5.82 Å². The Morgan fingerprint density at radius 2 is 2.03 bits per heavy atom. The van der Waals surface area contributed by atoms with E-state index in [0.29, 0.717) is 36.1 Å². The number of aromatic nitrogens is 3. The van der Waals surface area contributed by atoms with Crippen molar-refractivity contribution >= 4 is 29.0 Å². The van der Waals surface area contributed by atoms with Gasteiger partial charge in [0, 0.05) is 37.7 Å². The molecule has 2 N–H and O–H groups in total. The molecule has 4 aliphatic rings. The fourth-order valence-electron chi connectivity index (χ4n) is 5.88. The number of rotatable bonds is 4. The molecular formula is C24H22ClF3N6O. The molecule has 2 aromatic rings. The minimum Gasteiger partial charge on any atom is -0.378 e. The average molecular weight is 503 g/mol. The summed E-state index contributed by atoms with van der Waals surface area (Å²) in [7, 11) is 0. The maximum absolute atomic E-state index is 13.8. The highest BCUT2D eigenvalue weighted by Crippen LogP contribution is 2.71. The van der Waals surface area contributed by atoms with Gasteiger partial charge in [0.2, 0.25) is 0 Å². The second kappa shape index (κ2) is 7.68. The highest BCUT2D eigenvalue weighted by Gasteiger charge is 2.75. The number of amides is 1. The second-order valence-corrected chi connectivity index (χ2v) is 10.2. The molecule has 6 rings (SSSR count). The monoisotopic (exact) mass is 502 g/mol. The van der Waals surface area contributed by atoms with Crippen LogP contribution in [-0.4, -0.2) is 50.9 Å². The first-order chi connectivity index (χ1) is 16.7. The smallest absolute Gasteiger partial charge is 0.378 e. The van der Waals surface area contributed by atoms with Crippen molar-refractivity contribution in [3.8, 4) is 0 Å². The van der Waals surface area contributed by atoms with Crippen LogP contribution in [0.25, 0.3) is 5.70 Å². The van der Waals surface area contributed by atoms with Crippen molar-refractivity contribution in [1.82, 2.24) is 25.2 Å². The molecule has 1 saturated heterocycles. The number of nitrogens with zero attached hydrogens (tertiary/aromatic N) is 4. The van der Waals surface area contributed by atoms with Gasteiger partial charge in [0.25, 0.3) is 5.91 Å². The lowest BCUT2D eigenvalue weighted by Gasteiger charge is -2.48. The number of anilines is 1. The summed E-state index contributed by atoms with van der Waals surface area (Å²) in [5.41, 5.74) is 1.32. The van der Waals surface area contributed by atoms with Crippen molar-refractivity contribution < 1.29 is 18.0 Å². The van der Waals surface area contributed by atoms with Gasteiger partial charge in [-0.05, 0) is 49.3 Å². The van der Waals surface area contributed by atoms with Gasteiger partial charge in [-0.15, -0.1) is 0 Å². The topological polar surface area (TPSA) is 83.0 Å². The summed E-state index contributed by atoms with van der Waals surface area (Å²) in [6.45, 7) is 3.20. The quantitative estimate of drug-likeness (QED) is 0.660. The largest absolute Gasteiger partial charge is 0.417 e. The highest BCUT2D eigenvalue weighted by atomic mass is 35.5. The SMILES string of the molecule is CC1=CC(C(=O)N2CC3CC34CC(Nc3ncc(C(F)(F)F)cc3Cl)C24)=C(c2ncccn2)NC1. The number of hydrogen-bond acceptors (Lipinski definition) is 6. The molecule has 7 nitrogen and oxygen atoms in total. The van der Waals surface area contributed by atoms with Crippen LogP contribution < -0.4 is 10.6 Å². The van der Waals surface area contributed by atoms with Crippen LogP contribution in [0.3, 0.4) is 0 Å². The molecule has 4 atom stereocenters. The Bertz CT molecular complexity index is 1280. The first kappa shape index (κ1) is 22.3. The summed E-state index contributed by atoms with van der Waals surface area (Å²) in [5.74, 6) is 0.990. The Labute approximate surface area is 204 Å². The zero-order valence-electron chi connectivity index (χ0n) is 18.7. The van der Waals surface area contributed by atoms with Gasteiger partial charge < -0.3 is 15.5 Å². The van der Waals surface area contributed by atoms with Crippen LogP contribution in [0.15, 0.2) is 47.9 Å². The van der Waals surface area contributed by atoms with Crippen molar-refractivity contribution in [2.24, 2.45) is 11.3 Å². The van der Waals surface area contributed by atoms with E-state index in [-0.39, 0.29) is 34.2 Å². The first-order valence-electron chi connectivity index (χ1n) is 11.4. The number of nitrogens with one attached hydrogen (secondary N) is 2. The van der Waals surface area contributed by atoms with Crippen LogP contribution >= 0.6 is 11.6 Å². The summed E-state index contributed by atoms with van der Waals surface area (Å²) in [4.78, 5) is 28.3. The average Bonchev–Trinajstić information content (AvgIpc) is 3.48. The lowest BCUT2D eigenvalue weighted by Crippen LogP contribution is -2.60. The fourth-order valence-corrected chi connectivity index (χ4v) is 6.10. The lowest BCUT2D eigenvalue weighted by molar-refractivity contribution is -0.137. The van der Waals surface area contributed by atoms with Crippen LogP contribution in [0.2, 0.25) is 5.02 Å². The molecule has 4 heterocycles. The molecule has 182 valence electrons. The van der Waals surface area contributed by atoms with E-state index in [1.54, 1.807) is 18.5 Å². The molecule has 35 heavy (non-hydrogen) atoms. The molecule has 0 bridgehead atoms. The second-order valence-electron chi connectivity index (χ2n) is 9.75. The fraction of sp³-hybridized carbons (Fsp3) is 0.417. The van der Waals surface area contributed by atoms with E-state index in [9.17, 15) is 18.0 Å². The van der Waals surface area contributed by atoms with Gasteiger partial charge in [-0.3, -0.25) is 4.79 Å². The van der Waals surface area contributed by atoms with Gasteiger partial charge >= 0.3 is 6.18 Å². The zero-order valence-corrected chi connectivity index (χ0v) is 19.5. The standard InChI is InChI=1S/C24H22ClF3N6O/c1-12-5-15(18(31-9-12)21-29-3-2-4-30-21)22(35)34-11-14-7-23(14)8-17(19(23)34)33-20-16(25)6-13(10-32-20)24(26,27)28/h2-6,10,14,17,19,31H,7-9,11H2,1H3,(H,32,33). The molecule has 2 aliphatic heterocycles. The maximum Gasteiger partial charge on any atom is 0.417 e. The van der Waals surface area contributed by atoms with Crippen molar-refractivity contribution in [1.29, 1.82) is 0 Å². The Morgan fingerprint density at radius 3 is 2.74 bits per heavy atom. The van der Waals surface area contributed by atoms with E-state index in [1.807, 2.05) is 17.9 Å². The van der Waals surface area contributed by atoms with Crippen LogP contribution in [0.1, 0.15) is 31.2 Å². The van der Waals surface area contributed by atoms with Gasteiger partial charge in [-0.1, -0.05) is 17.2 Å². The maximum atomic E-state index is 13.8. The molecule has 2 aromatic heterocycles. The van der Waals surface area contributed by atoms with Gasteiger partial charge in [-0.2, -0.15) is 13.2 Å². The van der Waals surface area contributed by atoms with Crippen molar-refractivity contribution in [3.63, 3.8) is 0 Å². The van der Waals surface area contributed by atoms with E-state index in [2.05, 4.69) is 25.6 Å². The molecule has 2 saturated carbocycles. The lowest BCUT2D eigenvalue weighted by atomic mass is 9.71. The Balaban J connectivity index is 1.28. The third-order valence-electron chi connectivity index (χ3n) is 7.58. The Kier molecular flexibility index (Phi) is 4.90. The molecule has 2 aliphatic carbocycles. The Hall–Kier alpha value is -3.14. The molecule has 1 amide bonds. The number of carbonyl (C=O) groups is 1. The molecule has 0 aromatic carbocycles. The number of carbonyl (C=O) groups excluding carboxylic acids is 1. The molecule has 3 fully saturated rings. The van der Waals surface area contributed by atoms with E-state index >= 15 is 0 Å². The zero-order chi connectivity index (χ0) is 24.5. The number of likely N-dealkylation sites (tertiary alicyclic amines) is 1. The summed E-state index contributed by atoms with van der Waals surface area (Å²) >= 11 is 6.13. The third-order valence-corrected chi connectivity index (χ3v) is 7.87. The predicted octanol–water partition coefficient (Wildman–Crippen LogP) is 3.91. The number of piperidine rings is 1. The van der Waals surface area contributed by atoms with E-state index in [0.717, 1.165) is 30.7 Å². The van der Waals surface area contributed by atoms with Crippen LogP contribution in [0.4, 0.5) is 19.0 Å². The number of halogens is 4. The molecular weight excluding hydrogens is 481 g/mol. The van der Waals surface area contributed by atoms with Gasteiger partial charge in [0.05, 0.1) is 27.9 Å². The minimum absolute atomic E-state index is 0.0660. The van der Waals surface area contributed by atoms with Crippen LogP contribution in [0, 0.1) is 11.3 Å². The first-order valence-corrected chi connectivity index (χ1v) is 11.8. The van der Waals surface area contributed by atoms with Gasteiger partial charge in [-0.25, -0.2) is 15.0 Å². The molecule has 4 unspecified atom stereocenters. The molecule has 1 spiro atoms. The highest BCUT2D eigenvalue weighted by molar-refractivity contribution is 6.33. The van der Waals surface area contributed by atoms with E-state index < -0.39 is 11.7 Å². The van der Waals surface area contributed by atoms with Crippen molar-refractivity contribution in [2.45, 2.75) is 38.0 Å². The number of alkyl halides is 3. The normalized spacial score (nSPS) is 29.0. The van der Waals surface area contributed by atoms with Crippen LogP contribution in [-0.2, 0) is 11.0 Å². The van der Waals surface area contributed by atoms with Crippen molar-refractivity contribution in [2.75, 3.05) is 18.4 Å². The van der Waals surface area contributed by atoms with Gasteiger partial charge in [0.1, 0.15) is 5.82 Å². The molecule has 0 radical (unpaired) electrons. The third kappa shape index (κ3) is 3.57. The number of dihydropyridines is 1. The van der Waals surface area contributed by atoms with E-state index in [4.69, 9.17) is 11.6 Å².